The van der Waals surface area contributed by atoms with Crippen LogP contribution in [0.2, 0.25) is 0 Å². The van der Waals surface area contributed by atoms with E-state index in [1.165, 1.54) is 11.3 Å². The number of para-hydroxylation sites is 1. The van der Waals surface area contributed by atoms with Gasteiger partial charge in [0.1, 0.15) is 5.69 Å². The number of aryl methyl sites for hydroxylation is 1. The molecule has 0 saturated carbocycles. The van der Waals surface area contributed by atoms with Gasteiger partial charge in [-0.2, -0.15) is 0 Å². The summed E-state index contributed by atoms with van der Waals surface area (Å²) in [6.07, 6.45) is 6.20. The molecule has 25 heavy (non-hydrogen) atoms. The van der Waals surface area contributed by atoms with Crippen molar-refractivity contribution in [3.05, 3.63) is 53.9 Å². The van der Waals surface area contributed by atoms with Crippen LogP contribution in [0.3, 0.4) is 0 Å². The van der Waals surface area contributed by atoms with Crippen molar-refractivity contribution in [1.82, 2.24) is 9.88 Å². The van der Waals surface area contributed by atoms with Crippen molar-refractivity contribution >= 4 is 17.3 Å². The predicted octanol–water partition coefficient (Wildman–Crippen LogP) is 4.04. The van der Waals surface area contributed by atoms with Gasteiger partial charge in [-0.3, -0.25) is 9.78 Å². The molecule has 1 saturated heterocycles. The Bertz CT molecular complexity index is 765. The van der Waals surface area contributed by atoms with Crippen molar-refractivity contribution in [2.75, 3.05) is 24.5 Å². The largest absolute Gasteiger partial charge is 0.341 e. The van der Waals surface area contributed by atoms with Crippen LogP contribution in [0.5, 0.6) is 0 Å². The molecular weight excluding hydrogens is 310 g/mol. The van der Waals surface area contributed by atoms with E-state index in [0.717, 1.165) is 51.0 Å². The van der Waals surface area contributed by atoms with Crippen molar-refractivity contribution in [1.29, 1.82) is 0 Å². The van der Waals surface area contributed by atoms with Gasteiger partial charge in [0.25, 0.3) is 5.91 Å². The second-order valence-electron chi connectivity index (χ2n) is 7.26. The maximum Gasteiger partial charge on any atom is 0.272 e. The molecule has 4 nitrogen and oxygen atoms in total. The second kappa shape index (κ2) is 6.87. The number of carbonyl (C=O) groups excluding carboxylic acids is 1. The lowest BCUT2D eigenvalue weighted by Crippen LogP contribution is -2.38. The summed E-state index contributed by atoms with van der Waals surface area (Å²) in [6.45, 7) is 4.93. The third kappa shape index (κ3) is 3.26. The van der Waals surface area contributed by atoms with Crippen molar-refractivity contribution in [3.63, 3.8) is 0 Å². The molecule has 2 aromatic rings. The number of aromatic nitrogens is 1. The number of hydrogen-bond acceptors (Lipinski definition) is 3. The van der Waals surface area contributed by atoms with E-state index in [1.54, 1.807) is 6.20 Å². The zero-order chi connectivity index (χ0) is 17.2. The van der Waals surface area contributed by atoms with Crippen LogP contribution in [-0.2, 0) is 6.42 Å². The van der Waals surface area contributed by atoms with Gasteiger partial charge in [0, 0.05) is 37.2 Å². The van der Waals surface area contributed by atoms with Crippen LogP contribution in [0.25, 0.3) is 0 Å². The number of carbonyl (C=O) groups is 1. The summed E-state index contributed by atoms with van der Waals surface area (Å²) in [5.41, 5.74) is 4.26. The third-order valence-electron chi connectivity index (χ3n) is 5.46. The lowest BCUT2D eigenvalue weighted by atomic mass is 9.99. The molecule has 0 spiro atoms. The number of rotatable bonds is 2. The SMILES string of the molecule is CC1CCN(C(=O)c2cc(N3CCCc4ccccc43)ccn2)CC1. The van der Waals surface area contributed by atoms with E-state index in [0.29, 0.717) is 11.6 Å². The molecular formula is C21H25N3O. The van der Waals surface area contributed by atoms with E-state index < -0.39 is 0 Å². The molecule has 4 rings (SSSR count). The Morgan fingerprint density at radius 1 is 1.12 bits per heavy atom. The van der Waals surface area contributed by atoms with E-state index in [2.05, 4.69) is 41.1 Å². The Morgan fingerprint density at radius 3 is 2.76 bits per heavy atom. The highest BCUT2D eigenvalue weighted by atomic mass is 16.2. The molecule has 1 aromatic heterocycles. The summed E-state index contributed by atoms with van der Waals surface area (Å²) >= 11 is 0. The molecule has 0 N–H and O–H groups in total. The van der Waals surface area contributed by atoms with Crippen molar-refractivity contribution < 1.29 is 4.79 Å². The Hall–Kier alpha value is -2.36. The molecule has 0 aliphatic carbocycles. The number of piperidine rings is 1. The Kier molecular flexibility index (Phi) is 4.43. The summed E-state index contributed by atoms with van der Waals surface area (Å²) in [4.78, 5) is 21.5. The topological polar surface area (TPSA) is 36.4 Å². The van der Waals surface area contributed by atoms with Crippen molar-refractivity contribution in [2.24, 2.45) is 5.92 Å². The number of hydrogen-bond donors (Lipinski definition) is 0. The quantitative estimate of drug-likeness (QED) is 0.831. The van der Waals surface area contributed by atoms with E-state index >= 15 is 0 Å². The van der Waals surface area contributed by atoms with Gasteiger partial charge in [0.2, 0.25) is 0 Å². The first-order chi connectivity index (χ1) is 12.2. The molecule has 2 aliphatic rings. The fourth-order valence-electron chi connectivity index (χ4n) is 3.88. The highest BCUT2D eigenvalue weighted by molar-refractivity contribution is 5.93. The fourth-order valence-corrected chi connectivity index (χ4v) is 3.88. The smallest absolute Gasteiger partial charge is 0.272 e. The zero-order valence-corrected chi connectivity index (χ0v) is 14.8. The summed E-state index contributed by atoms with van der Waals surface area (Å²) in [5, 5.41) is 0. The average molecular weight is 335 g/mol. The maximum absolute atomic E-state index is 12.8. The first kappa shape index (κ1) is 16.1. The highest BCUT2D eigenvalue weighted by Crippen LogP contribution is 2.33. The number of nitrogens with zero attached hydrogens (tertiary/aromatic N) is 3. The van der Waals surface area contributed by atoms with Crippen LogP contribution in [0, 0.1) is 5.92 Å². The Morgan fingerprint density at radius 2 is 1.92 bits per heavy atom. The first-order valence-electron chi connectivity index (χ1n) is 9.33. The van der Waals surface area contributed by atoms with Crippen LogP contribution in [-0.4, -0.2) is 35.4 Å². The molecule has 130 valence electrons. The molecule has 4 heteroatoms. The molecule has 1 amide bonds. The predicted molar refractivity (Wildman–Crippen MR) is 100 cm³/mol. The normalized spacial score (nSPS) is 18.1. The van der Waals surface area contributed by atoms with Gasteiger partial charge in [0.05, 0.1) is 0 Å². The minimum atomic E-state index is 0.0686. The van der Waals surface area contributed by atoms with Gasteiger partial charge in [0.15, 0.2) is 0 Å². The number of pyridine rings is 1. The van der Waals surface area contributed by atoms with Gasteiger partial charge >= 0.3 is 0 Å². The number of fused-ring (bicyclic) bond motifs is 1. The number of likely N-dealkylation sites (tertiary alicyclic amines) is 1. The van der Waals surface area contributed by atoms with Crippen LogP contribution in [0.4, 0.5) is 11.4 Å². The van der Waals surface area contributed by atoms with E-state index in [-0.39, 0.29) is 5.91 Å². The first-order valence-corrected chi connectivity index (χ1v) is 9.33. The molecule has 0 unspecified atom stereocenters. The summed E-state index contributed by atoms with van der Waals surface area (Å²) in [5.74, 6) is 0.784. The average Bonchev–Trinajstić information content (AvgIpc) is 2.68. The van der Waals surface area contributed by atoms with Crippen molar-refractivity contribution in [3.8, 4) is 0 Å². The lowest BCUT2D eigenvalue weighted by molar-refractivity contribution is 0.0691. The van der Waals surface area contributed by atoms with E-state index in [1.807, 2.05) is 17.0 Å². The van der Waals surface area contributed by atoms with Gasteiger partial charge < -0.3 is 9.80 Å². The number of benzene rings is 1. The highest BCUT2D eigenvalue weighted by Gasteiger charge is 2.24. The standard InChI is InChI=1S/C21H25N3O/c1-16-9-13-23(14-10-16)21(25)19-15-18(8-11-22-19)24-12-4-6-17-5-2-3-7-20(17)24/h2-3,5,7-8,11,15-16H,4,6,9-10,12-14H2,1H3. The molecule has 0 radical (unpaired) electrons. The monoisotopic (exact) mass is 335 g/mol. The minimum Gasteiger partial charge on any atom is -0.341 e. The van der Waals surface area contributed by atoms with Crippen LogP contribution in [0.1, 0.15) is 42.2 Å². The van der Waals surface area contributed by atoms with Crippen LogP contribution >= 0.6 is 0 Å². The number of anilines is 2. The minimum absolute atomic E-state index is 0.0686. The summed E-state index contributed by atoms with van der Waals surface area (Å²) < 4.78 is 0. The van der Waals surface area contributed by atoms with Gasteiger partial charge in [-0.05, 0) is 55.4 Å². The number of amides is 1. The van der Waals surface area contributed by atoms with Gasteiger partial charge in [-0.15, -0.1) is 0 Å². The van der Waals surface area contributed by atoms with E-state index in [4.69, 9.17) is 0 Å². The van der Waals surface area contributed by atoms with Gasteiger partial charge in [-0.1, -0.05) is 25.1 Å². The summed E-state index contributed by atoms with van der Waals surface area (Å²) in [7, 11) is 0. The molecule has 0 bridgehead atoms. The molecule has 0 atom stereocenters. The third-order valence-corrected chi connectivity index (χ3v) is 5.46. The van der Waals surface area contributed by atoms with E-state index in [9.17, 15) is 4.79 Å². The lowest BCUT2D eigenvalue weighted by Gasteiger charge is -2.32. The molecule has 1 fully saturated rings. The van der Waals surface area contributed by atoms with Crippen LogP contribution < -0.4 is 4.90 Å². The van der Waals surface area contributed by atoms with Gasteiger partial charge in [-0.25, -0.2) is 0 Å². The second-order valence-corrected chi connectivity index (χ2v) is 7.26. The molecule has 1 aromatic carbocycles. The zero-order valence-electron chi connectivity index (χ0n) is 14.8. The maximum atomic E-state index is 12.8. The fraction of sp³-hybridized carbons (Fsp3) is 0.429. The Balaban J connectivity index is 1.59. The van der Waals surface area contributed by atoms with Crippen molar-refractivity contribution in [2.45, 2.75) is 32.6 Å². The Labute approximate surface area is 149 Å². The van der Waals surface area contributed by atoms with Crippen LogP contribution in [0.15, 0.2) is 42.6 Å². The molecule has 3 heterocycles. The molecule has 2 aliphatic heterocycles. The summed E-state index contributed by atoms with van der Waals surface area (Å²) in [6, 6.07) is 12.5.